The summed E-state index contributed by atoms with van der Waals surface area (Å²) in [6, 6.07) is 11.1. The Hall–Kier alpha value is -2.79. The Morgan fingerprint density at radius 3 is 2.33 bits per heavy atom. The van der Waals surface area contributed by atoms with Gasteiger partial charge in [-0.05, 0) is 50.1 Å². The Balaban J connectivity index is 2.46. The van der Waals surface area contributed by atoms with Crippen molar-refractivity contribution in [3.05, 3.63) is 52.5 Å². The van der Waals surface area contributed by atoms with Crippen molar-refractivity contribution in [3.63, 3.8) is 0 Å². The largest absolute Gasteiger partial charge is 0.497 e. The molecule has 0 radical (unpaired) electrons. The zero-order valence-electron chi connectivity index (χ0n) is 21.4. The Labute approximate surface area is 221 Å². The first-order valence-electron chi connectivity index (χ1n) is 11.4. The van der Waals surface area contributed by atoms with Crippen molar-refractivity contribution >= 4 is 43.5 Å². The highest BCUT2D eigenvalue weighted by Crippen LogP contribution is 2.33. The van der Waals surface area contributed by atoms with Crippen LogP contribution in [0, 0.1) is 0 Å². The number of carbonyl (C=O) groups excluding carboxylic acids is 2. The average Bonchev–Trinajstić information content (AvgIpc) is 2.84. The van der Waals surface area contributed by atoms with Gasteiger partial charge >= 0.3 is 0 Å². The van der Waals surface area contributed by atoms with Gasteiger partial charge < -0.3 is 19.7 Å². The van der Waals surface area contributed by atoms with Gasteiger partial charge in [0.15, 0.2) is 0 Å². The van der Waals surface area contributed by atoms with Gasteiger partial charge in [0.05, 0.1) is 26.2 Å². The molecule has 0 aliphatic heterocycles. The predicted octanol–water partition coefficient (Wildman–Crippen LogP) is 3.56. The summed E-state index contributed by atoms with van der Waals surface area (Å²) in [5, 5.41) is 2.90. The van der Waals surface area contributed by atoms with E-state index < -0.39 is 28.5 Å². The van der Waals surface area contributed by atoms with Crippen molar-refractivity contribution < 1.29 is 27.5 Å². The Morgan fingerprint density at radius 1 is 1.08 bits per heavy atom. The zero-order valence-corrected chi connectivity index (χ0v) is 23.9. The molecule has 2 aromatic rings. The van der Waals surface area contributed by atoms with E-state index in [4.69, 9.17) is 9.47 Å². The van der Waals surface area contributed by atoms with Gasteiger partial charge in [0, 0.05) is 23.1 Å². The number of nitrogens with zero attached hydrogens (tertiary/aromatic N) is 2. The summed E-state index contributed by atoms with van der Waals surface area (Å²) in [5.74, 6) is -0.152. The SMILES string of the molecule is CC[C@H](C)NC(=O)[C@H](C)N(Cc1cccc(Br)c1)C(=O)CN(c1ccc(OC)cc1OC)S(C)(=O)=O. The van der Waals surface area contributed by atoms with Crippen LogP contribution in [0.4, 0.5) is 5.69 Å². The molecular weight excluding hydrogens is 550 g/mol. The van der Waals surface area contributed by atoms with Gasteiger partial charge in [-0.2, -0.15) is 0 Å². The molecule has 1 N–H and O–H groups in total. The molecule has 0 spiro atoms. The van der Waals surface area contributed by atoms with Gasteiger partial charge in [0.1, 0.15) is 24.1 Å². The van der Waals surface area contributed by atoms with Gasteiger partial charge in [0.25, 0.3) is 0 Å². The van der Waals surface area contributed by atoms with Crippen LogP contribution in [0.3, 0.4) is 0 Å². The van der Waals surface area contributed by atoms with E-state index in [1.807, 2.05) is 38.1 Å². The number of ether oxygens (including phenoxy) is 2. The molecule has 0 fully saturated rings. The van der Waals surface area contributed by atoms with E-state index in [0.717, 1.165) is 27.0 Å². The van der Waals surface area contributed by atoms with Crippen molar-refractivity contribution in [1.82, 2.24) is 10.2 Å². The summed E-state index contributed by atoms with van der Waals surface area (Å²) in [5.41, 5.74) is 0.974. The fourth-order valence-electron chi connectivity index (χ4n) is 3.47. The molecule has 0 unspecified atom stereocenters. The molecule has 0 heterocycles. The average molecular weight is 585 g/mol. The first-order valence-corrected chi connectivity index (χ1v) is 14.1. The fraction of sp³-hybridized carbons (Fsp3) is 0.440. The number of halogens is 1. The van der Waals surface area contributed by atoms with Crippen LogP contribution in [-0.4, -0.2) is 64.2 Å². The van der Waals surface area contributed by atoms with Crippen LogP contribution in [0.15, 0.2) is 46.9 Å². The van der Waals surface area contributed by atoms with Crippen molar-refractivity contribution in [2.75, 3.05) is 31.3 Å². The number of nitrogens with one attached hydrogen (secondary N) is 1. The molecule has 9 nitrogen and oxygen atoms in total. The van der Waals surface area contributed by atoms with Gasteiger partial charge in [-0.3, -0.25) is 13.9 Å². The lowest BCUT2D eigenvalue weighted by molar-refractivity contribution is -0.139. The maximum atomic E-state index is 13.6. The van der Waals surface area contributed by atoms with Crippen LogP contribution in [-0.2, 0) is 26.2 Å². The smallest absolute Gasteiger partial charge is 0.244 e. The molecule has 0 bridgehead atoms. The molecule has 198 valence electrons. The summed E-state index contributed by atoms with van der Waals surface area (Å²) in [6.07, 6.45) is 1.75. The molecule has 0 aliphatic rings. The Kier molecular flexibility index (Phi) is 10.6. The van der Waals surface area contributed by atoms with Crippen molar-refractivity contribution in [2.45, 2.75) is 45.8 Å². The molecule has 0 saturated heterocycles. The topological polar surface area (TPSA) is 105 Å². The Bertz CT molecular complexity index is 1170. The first-order chi connectivity index (χ1) is 16.9. The minimum absolute atomic E-state index is 0.0705. The monoisotopic (exact) mass is 583 g/mol. The number of sulfonamides is 1. The fourth-order valence-corrected chi connectivity index (χ4v) is 4.77. The van der Waals surface area contributed by atoms with Gasteiger partial charge in [-0.1, -0.05) is 35.0 Å². The predicted molar refractivity (Wildman–Crippen MR) is 144 cm³/mol. The molecule has 2 rings (SSSR count). The number of carbonyl (C=O) groups is 2. The second-order valence-electron chi connectivity index (χ2n) is 8.45. The highest BCUT2D eigenvalue weighted by Gasteiger charge is 2.31. The summed E-state index contributed by atoms with van der Waals surface area (Å²) < 4.78 is 37.9. The van der Waals surface area contributed by atoms with Gasteiger partial charge in [-0.15, -0.1) is 0 Å². The van der Waals surface area contributed by atoms with Gasteiger partial charge in [-0.25, -0.2) is 8.42 Å². The molecule has 2 amide bonds. The van der Waals surface area contributed by atoms with Crippen molar-refractivity contribution in [2.24, 2.45) is 0 Å². The summed E-state index contributed by atoms with van der Waals surface area (Å²) >= 11 is 3.43. The van der Waals surface area contributed by atoms with Crippen LogP contribution in [0.2, 0.25) is 0 Å². The molecule has 0 aliphatic carbocycles. The van der Waals surface area contributed by atoms with Crippen LogP contribution in [0.25, 0.3) is 0 Å². The zero-order chi connectivity index (χ0) is 27.0. The lowest BCUT2D eigenvalue weighted by Gasteiger charge is -2.32. The number of methoxy groups -OCH3 is 2. The minimum Gasteiger partial charge on any atom is -0.497 e. The number of benzene rings is 2. The minimum atomic E-state index is -3.89. The lowest BCUT2D eigenvalue weighted by Crippen LogP contribution is -2.52. The van der Waals surface area contributed by atoms with E-state index in [1.54, 1.807) is 19.1 Å². The first kappa shape index (κ1) is 29.4. The number of hydrogen-bond acceptors (Lipinski definition) is 6. The van der Waals surface area contributed by atoms with Gasteiger partial charge in [0.2, 0.25) is 21.8 Å². The molecular formula is C25H34BrN3O6S. The Morgan fingerprint density at radius 2 is 1.78 bits per heavy atom. The van der Waals surface area contributed by atoms with E-state index in [0.29, 0.717) is 5.75 Å². The van der Waals surface area contributed by atoms with E-state index >= 15 is 0 Å². The number of rotatable bonds is 12. The molecule has 2 aromatic carbocycles. The third-order valence-corrected chi connectivity index (χ3v) is 7.36. The second kappa shape index (κ2) is 13.0. The number of amides is 2. The normalized spacial score (nSPS) is 12.9. The standard InChI is InChI=1S/C25H34BrN3O6S/c1-7-17(2)27-25(31)18(3)28(15-19-9-8-10-20(26)13-19)24(30)16-29(36(6,32)33)22-12-11-21(34-4)14-23(22)35-5/h8-14,17-18H,7,15-16H2,1-6H3,(H,27,31)/t17-,18-/m0/s1. The molecule has 0 aromatic heterocycles. The lowest BCUT2D eigenvalue weighted by atomic mass is 10.1. The summed E-state index contributed by atoms with van der Waals surface area (Å²) in [7, 11) is -1.00. The maximum absolute atomic E-state index is 13.6. The van der Waals surface area contributed by atoms with E-state index in [1.165, 1.54) is 25.2 Å². The highest BCUT2D eigenvalue weighted by molar-refractivity contribution is 9.10. The molecule has 0 saturated carbocycles. The van der Waals surface area contributed by atoms with E-state index in [2.05, 4.69) is 21.2 Å². The van der Waals surface area contributed by atoms with Crippen LogP contribution in [0.5, 0.6) is 11.5 Å². The maximum Gasteiger partial charge on any atom is 0.244 e. The van der Waals surface area contributed by atoms with Crippen LogP contribution in [0.1, 0.15) is 32.8 Å². The second-order valence-corrected chi connectivity index (χ2v) is 11.3. The number of anilines is 1. The van der Waals surface area contributed by atoms with E-state index in [-0.39, 0.29) is 29.9 Å². The van der Waals surface area contributed by atoms with Crippen LogP contribution < -0.4 is 19.1 Å². The highest BCUT2D eigenvalue weighted by atomic mass is 79.9. The van der Waals surface area contributed by atoms with Crippen LogP contribution >= 0.6 is 15.9 Å². The van der Waals surface area contributed by atoms with E-state index in [9.17, 15) is 18.0 Å². The third-order valence-electron chi connectivity index (χ3n) is 5.75. The van der Waals surface area contributed by atoms with Crippen molar-refractivity contribution in [1.29, 1.82) is 0 Å². The molecule has 2 atom stereocenters. The summed E-state index contributed by atoms with van der Waals surface area (Å²) in [4.78, 5) is 28.0. The third kappa shape index (κ3) is 7.86. The number of hydrogen-bond donors (Lipinski definition) is 1. The summed E-state index contributed by atoms with van der Waals surface area (Å²) in [6.45, 7) is 5.06. The molecule has 36 heavy (non-hydrogen) atoms. The van der Waals surface area contributed by atoms with Crippen molar-refractivity contribution in [3.8, 4) is 11.5 Å². The molecule has 11 heteroatoms. The quantitative estimate of drug-likeness (QED) is 0.409.